The van der Waals surface area contributed by atoms with E-state index >= 15 is 0 Å². The van der Waals surface area contributed by atoms with Crippen LogP contribution >= 0.6 is 0 Å². The third-order valence-electron chi connectivity index (χ3n) is 7.59. The molecule has 2 saturated heterocycles. The van der Waals surface area contributed by atoms with E-state index in [1.807, 2.05) is 31.1 Å². The number of nitrogens with zero attached hydrogens (tertiary/aromatic N) is 4. The minimum absolute atomic E-state index is 0.0656. The lowest BCUT2D eigenvalue weighted by Crippen LogP contribution is -2.49. The third kappa shape index (κ3) is 4.59. The summed E-state index contributed by atoms with van der Waals surface area (Å²) < 4.78 is 1.70. The Kier molecular flexibility index (Phi) is 6.68. The number of benzene rings is 1. The molecule has 0 saturated carbocycles. The molecule has 2 amide bonds. The van der Waals surface area contributed by atoms with E-state index < -0.39 is 0 Å². The van der Waals surface area contributed by atoms with Crippen LogP contribution in [0.4, 0.5) is 0 Å². The largest absolute Gasteiger partial charge is 0.342 e. The number of likely N-dealkylation sites (tertiary alicyclic amines) is 2. The van der Waals surface area contributed by atoms with Crippen molar-refractivity contribution < 1.29 is 9.59 Å². The van der Waals surface area contributed by atoms with Gasteiger partial charge in [-0.1, -0.05) is 43.7 Å². The molecule has 172 valence electrons. The van der Waals surface area contributed by atoms with E-state index in [1.54, 1.807) is 4.68 Å². The normalized spacial score (nSPS) is 22.8. The Labute approximate surface area is 191 Å². The predicted molar refractivity (Wildman–Crippen MR) is 125 cm³/mol. The second-order valence-corrected chi connectivity index (χ2v) is 9.77. The summed E-state index contributed by atoms with van der Waals surface area (Å²) in [5.41, 5.74) is 2.42. The SMILES string of the molecule is Cc1nn(C)cc1C(=O)N1CCC([C@@]2(C)CCCCN(CCc3ccccc3)C2=O)CC1. The van der Waals surface area contributed by atoms with E-state index in [0.29, 0.717) is 30.5 Å². The average molecular weight is 437 g/mol. The molecule has 0 unspecified atom stereocenters. The zero-order valence-electron chi connectivity index (χ0n) is 19.7. The van der Waals surface area contributed by atoms with Crippen LogP contribution in [0.1, 0.15) is 60.6 Å². The Bertz CT molecular complexity index is 946. The molecular formula is C26H36N4O2. The first kappa shape index (κ1) is 22.6. The minimum Gasteiger partial charge on any atom is -0.342 e. The van der Waals surface area contributed by atoms with Gasteiger partial charge in [-0.05, 0) is 50.5 Å². The highest BCUT2D eigenvalue weighted by Gasteiger charge is 2.45. The Morgan fingerprint density at radius 2 is 1.84 bits per heavy atom. The molecule has 1 aromatic heterocycles. The zero-order chi connectivity index (χ0) is 22.7. The first-order chi connectivity index (χ1) is 15.4. The lowest BCUT2D eigenvalue weighted by atomic mass is 9.69. The Hall–Kier alpha value is -2.63. The number of piperidine rings is 1. The number of aryl methyl sites for hydroxylation is 2. The number of aromatic nitrogens is 2. The van der Waals surface area contributed by atoms with E-state index in [4.69, 9.17) is 0 Å². The first-order valence-corrected chi connectivity index (χ1v) is 12.0. The highest BCUT2D eigenvalue weighted by Crippen LogP contribution is 2.42. The van der Waals surface area contributed by atoms with Crippen molar-refractivity contribution in [2.45, 2.75) is 52.4 Å². The zero-order valence-corrected chi connectivity index (χ0v) is 19.7. The maximum atomic E-state index is 13.7. The number of carbonyl (C=O) groups is 2. The van der Waals surface area contributed by atoms with Crippen LogP contribution in [0.2, 0.25) is 0 Å². The van der Waals surface area contributed by atoms with Gasteiger partial charge in [-0.15, -0.1) is 0 Å². The lowest BCUT2D eigenvalue weighted by Gasteiger charge is -2.43. The van der Waals surface area contributed by atoms with Gasteiger partial charge in [0.1, 0.15) is 0 Å². The Morgan fingerprint density at radius 3 is 2.50 bits per heavy atom. The van der Waals surface area contributed by atoms with Crippen molar-refractivity contribution in [3.63, 3.8) is 0 Å². The van der Waals surface area contributed by atoms with Gasteiger partial charge in [-0.3, -0.25) is 14.3 Å². The van der Waals surface area contributed by atoms with Gasteiger partial charge in [-0.25, -0.2) is 0 Å². The monoisotopic (exact) mass is 436 g/mol. The highest BCUT2D eigenvalue weighted by atomic mass is 16.2. The Balaban J connectivity index is 1.40. The van der Waals surface area contributed by atoms with Gasteiger partial charge in [0.05, 0.1) is 11.3 Å². The molecule has 2 aromatic rings. The van der Waals surface area contributed by atoms with Gasteiger partial charge in [0.2, 0.25) is 5.91 Å². The van der Waals surface area contributed by atoms with Gasteiger partial charge in [0.15, 0.2) is 0 Å². The molecule has 4 rings (SSSR count). The molecular weight excluding hydrogens is 400 g/mol. The molecule has 2 fully saturated rings. The summed E-state index contributed by atoms with van der Waals surface area (Å²) in [6.07, 6.45) is 7.62. The number of rotatable bonds is 5. The summed E-state index contributed by atoms with van der Waals surface area (Å²) in [6, 6.07) is 10.4. The van der Waals surface area contributed by atoms with Crippen molar-refractivity contribution in [3.8, 4) is 0 Å². The summed E-state index contributed by atoms with van der Waals surface area (Å²) in [6.45, 7) is 7.14. The molecule has 0 bridgehead atoms. The van der Waals surface area contributed by atoms with Gasteiger partial charge in [0.25, 0.3) is 5.91 Å². The molecule has 0 aliphatic carbocycles. The molecule has 2 aliphatic rings. The second kappa shape index (κ2) is 9.47. The van der Waals surface area contributed by atoms with Crippen LogP contribution in [-0.2, 0) is 18.3 Å². The van der Waals surface area contributed by atoms with Crippen LogP contribution in [-0.4, -0.2) is 57.6 Å². The lowest BCUT2D eigenvalue weighted by molar-refractivity contribution is -0.144. The van der Waals surface area contributed by atoms with E-state index in [-0.39, 0.29) is 11.3 Å². The molecule has 3 heterocycles. The van der Waals surface area contributed by atoms with Crippen LogP contribution in [0, 0.1) is 18.3 Å². The molecule has 0 N–H and O–H groups in total. The van der Waals surface area contributed by atoms with Crippen molar-refractivity contribution in [1.29, 1.82) is 0 Å². The van der Waals surface area contributed by atoms with E-state index in [9.17, 15) is 9.59 Å². The Morgan fingerprint density at radius 1 is 1.12 bits per heavy atom. The van der Waals surface area contributed by atoms with Gasteiger partial charge >= 0.3 is 0 Å². The van der Waals surface area contributed by atoms with Crippen LogP contribution < -0.4 is 0 Å². The van der Waals surface area contributed by atoms with Crippen LogP contribution in [0.15, 0.2) is 36.5 Å². The summed E-state index contributed by atoms with van der Waals surface area (Å²) in [5.74, 6) is 0.709. The number of carbonyl (C=O) groups excluding carboxylic acids is 2. The van der Waals surface area contributed by atoms with E-state index in [1.165, 1.54) is 5.56 Å². The van der Waals surface area contributed by atoms with E-state index in [0.717, 1.165) is 57.3 Å². The predicted octanol–water partition coefficient (Wildman–Crippen LogP) is 3.84. The fourth-order valence-electron chi connectivity index (χ4n) is 5.57. The fraction of sp³-hybridized carbons (Fsp3) is 0.577. The van der Waals surface area contributed by atoms with Crippen molar-refractivity contribution in [2.75, 3.05) is 26.2 Å². The van der Waals surface area contributed by atoms with Gasteiger partial charge < -0.3 is 9.80 Å². The molecule has 6 nitrogen and oxygen atoms in total. The summed E-state index contributed by atoms with van der Waals surface area (Å²) in [4.78, 5) is 30.7. The second-order valence-electron chi connectivity index (χ2n) is 9.77. The number of hydrogen-bond acceptors (Lipinski definition) is 3. The van der Waals surface area contributed by atoms with Crippen LogP contribution in [0.5, 0.6) is 0 Å². The van der Waals surface area contributed by atoms with Crippen LogP contribution in [0.3, 0.4) is 0 Å². The maximum Gasteiger partial charge on any atom is 0.257 e. The van der Waals surface area contributed by atoms with Crippen LogP contribution in [0.25, 0.3) is 0 Å². The summed E-state index contributed by atoms with van der Waals surface area (Å²) >= 11 is 0. The first-order valence-electron chi connectivity index (χ1n) is 12.0. The molecule has 1 aromatic carbocycles. The maximum absolute atomic E-state index is 13.7. The van der Waals surface area contributed by atoms with Crippen molar-refractivity contribution in [2.24, 2.45) is 18.4 Å². The molecule has 32 heavy (non-hydrogen) atoms. The summed E-state index contributed by atoms with van der Waals surface area (Å²) in [5, 5.41) is 4.31. The standard InChI is InChI=1S/C26H36N4O2/c1-20-23(19-28(3)27-20)24(31)29-17-12-22(13-18-29)26(2)14-7-8-15-30(25(26)32)16-11-21-9-5-4-6-10-21/h4-6,9-10,19,22H,7-8,11-18H2,1-3H3/t26-/m1/s1. The quantitative estimate of drug-likeness (QED) is 0.716. The molecule has 6 heteroatoms. The van der Waals surface area contributed by atoms with Gasteiger partial charge in [-0.2, -0.15) is 5.10 Å². The molecule has 0 radical (unpaired) electrons. The fourth-order valence-corrected chi connectivity index (χ4v) is 5.57. The van der Waals surface area contributed by atoms with Crippen molar-refractivity contribution in [3.05, 3.63) is 53.3 Å². The highest BCUT2D eigenvalue weighted by molar-refractivity contribution is 5.95. The van der Waals surface area contributed by atoms with E-state index in [2.05, 4.69) is 41.2 Å². The molecule has 0 spiro atoms. The topological polar surface area (TPSA) is 58.4 Å². The minimum atomic E-state index is -0.327. The smallest absolute Gasteiger partial charge is 0.257 e. The van der Waals surface area contributed by atoms with Crippen molar-refractivity contribution >= 4 is 11.8 Å². The van der Waals surface area contributed by atoms with Gasteiger partial charge in [0, 0.05) is 44.8 Å². The third-order valence-corrected chi connectivity index (χ3v) is 7.59. The van der Waals surface area contributed by atoms with Crippen molar-refractivity contribution in [1.82, 2.24) is 19.6 Å². The molecule has 2 aliphatic heterocycles. The summed E-state index contributed by atoms with van der Waals surface area (Å²) in [7, 11) is 1.85. The average Bonchev–Trinajstić information content (AvgIpc) is 3.08. The molecule has 1 atom stereocenters. The number of amides is 2. The number of hydrogen-bond donors (Lipinski definition) is 0.